The Morgan fingerprint density at radius 1 is 1.30 bits per heavy atom. The van der Waals surface area contributed by atoms with Crippen molar-refractivity contribution >= 4 is 5.52 Å². The molecule has 1 aliphatic rings. The van der Waals surface area contributed by atoms with Gasteiger partial charge in [0, 0.05) is 17.8 Å². The first kappa shape index (κ1) is 13.6. The van der Waals surface area contributed by atoms with Crippen molar-refractivity contribution in [1.29, 1.82) is 0 Å². The summed E-state index contributed by atoms with van der Waals surface area (Å²) in [5.41, 5.74) is 2.59. The number of hydrogen-bond donors (Lipinski definition) is 1. The Balaban J connectivity index is 1.83. The maximum Gasteiger partial charge on any atom is 0.0709 e. The van der Waals surface area contributed by atoms with Crippen molar-refractivity contribution in [3.63, 3.8) is 0 Å². The maximum absolute atomic E-state index is 4.49. The molecule has 1 aliphatic carbocycles. The van der Waals surface area contributed by atoms with Crippen molar-refractivity contribution in [3.05, 3.63) is 36.2 Å². The lowest BCUT2D eigenvalue weighted by atomic mass is 9.76. The van der Waals surface area contributed by atoms with Gasteiger partial charge in [-0.2, -0.15) is 5.10 Å². The summed E-state index contributed by atoms with van der Waals surface area (Å²) < 4.78 is 1.98. The van der Waals surface area contributed by atoms with Crippen molar-refractivity contribution in [3.8, 4) is 0 Å². The number of aromatic nitrogens is 2. The highest BCUT2D eigenvalue weighted by Gasteiger charge is 2.28. The fourth-order valence-electron chi connectivity index (χ4n) is 3.77. The van der Waals surface area contributed by atoms with E-state index in [4.69, 9.17) is 0 Å². The highest BCUT2D eigenvalue weighted by Crippen LogP contribution is 2.38. The zero-order valence-corrected chi connectivity index (χ0v) is 12.5. The van der Waals surface area contributed by atoms with E-state index in [2.05, 4.69) is 36.5 Å². The molecular formula is C17H25N3. The fourth-order valence-corrected chi connectivity index (χ4v) is 3.77. The summed E-state index contributed by atoms with van der Waals surface area (Å²) in [7, 11) is 2.09. The summed E-state index contributed by atoms with van der Waals surface area (Å²) >= 11 is 0. The Kier molecular flexibility index (Phi) is 4.06. The van der Waals surface area contributed by atoms with E-state index in [1.54, 1.807) is 0 Å². The van der Waals surface area contributed by atoms with E-state index < -0.39 is 0 Å². The van der Waals surface area contributed by atoms with Crippen LogP contribution < -0.4 is 5.32 Å². The van der Waals surface area contributed by atoms with Crippen LogP contribution in [0.25, 0.3) is 5.52 Å². The van der Waals surface area contributed by atoms with E-state index >= 15 is 0 Å². The van der Waals surface area contributed by atoms with Crippen LogP contribution in [-0.4, -0.2) is 16.7 Å². The number of rotatable bonds is 4. The Labute approximate surface area is 121 Å². The normalized spacial score (nSPS) is 24.9. The molecule has 1 fully saturated rings. The van der Waals surface area contributed by atoms with Crippen LogP contribution in [0, 0.1) is 11.8 Å². The van der Waals surface area contributed by atoms with Gasteiger partial charge in [0.15, 0.2) is 0 Å². The van der Waals surface area contributed by atoms with Crippen LogP contribution in [0.5, 0.6) is 0 Å². The molecule has 0 spiro atoms. The third-order valence-electron chi connectivity index (χ3n) is 5.04. The molecule has 2 heterocycles. The predicted octanol–water partition coefficient (Wildman–Crippen LogP) is 3.81. The first-order valence-corrected chi connectivity index (χ1v) is 7.93. The molecular weight excluding hydrogens is 246 g/mol. The Bertz CT molecular complexity index is 552. The van der Waals surface area contributed by atoms with Gasteiger partial charge in [0.05, 0.1) is 11.7 Å². The molecule has 1 atom stereocenters. The van der Waals surface area contributed by atoms with Crippen LogP contribution in [0.3, 0.4) is 0 Å². The van der Waals surface area contributed by atoms with Crippen LogP contribution in [0.15, 0.2) is 30.6 Å². The first-order valence-electron chi connectivity index (χ1n) is 7.93. The molecule has 20 heavy (non-hydrogen) atoms. The average molecular weight is 271 g/mol. The summed E-state index contributed by atoms with van der Waals surface area (Å²) in [6.45, 7) is 2.33. The molecule has 0 aliphatic heterocycles. The van der Waals surface area contributed by atoms with E-state index in [-0.39, 0.29) is 0 Å². The number of nitrogens with one attached hydrogen (secondary N) is 1. The minimum Gasteiger partial charge on any atom is -0.313 e. The van der Waals surface area contributed by atoms with Gasteiger partial charge in [-0.25, -0.2) is 4.52 Å². The molecule has 2 aromatic heterocycles. The van der Waals surface area contributed by atoms with Gasteiger partial charge >= 0.3 is 0 Å². The average Bonchev–Trinajstić information content (AvgIpc) is 2.93. The number of fused-ring (bicyclic) bond motifs is 1. The molecule has 1 N–H and O–H groups in total. The lowest BCUT2D eigenvalue weighted by Crippen LogP contribution is -2.28. The second-order valence-corrected chi connectivity index (χ2v) is 6.09. The molecule has 0 radical (unpaired) electrons. The lowest BCUT2D eigenvalue weighted by molar-refractivity contribution is 0.225. The molecule has 0 saturated heterocycles. The molecule has 3 nitrogen and oxygen atoms in total. The predicted molar refractivity (Wildman–Crippen MR) is 82.7 cm³/mol. The van der Waals surface area contributed by atoms with Gasteiger partial charge in [-0.3, -0.25) is 0 Å². The number of nitrogens with zero attached hydrogens (tertiary/aromatic N) is 2. The van der Waals surface area contributed by atoms with Crippen LogP contribution in [-0.2, 0) is 0 Å². The molecule has 0 amide bonds. The van der Waals surface area contributed by atoms with Gasteiger partial charge in [-0.1, -0.05) is 32.3 Å². The minimum atomic E-state index is 0.438. The van der Waals surface area contributed by atoms with E-state index in [9.17, 15) is 0 Å². The zero-order chi connectivity index (χ0) is 13.9. The Morgan fingerprint density at radius 2 is 2.10 bits per heavy atom. The van der Waals surface area contributed by atoms with Crippen LogP contribution in [0.1, 0.15) is 50.6 Å². The number of hydrogen-bond acceptors (Lipinski definition) is 2. The van der Waals surface area contributed by atoms with Gasteiger partial charge in [0.1, 0.15) is 0 Å². The molecule has 3 heteroatoms. The molecule has 2 aromatic rings. The van der Waals surface area contributed by atoms with Crippen molar-refractivity contribution in [2.45, 2.75) is 45.1 Å². The van der Waals surface area contributed by atoms with Gasteiger partial charge in [-0.05, 0) is 43.9 Å². The molecule has 1 saturated carbocycles. The lowest BCUT2D eigenvalue weighted by Gasteiger charge is -2.33. The van der Waals surface area contributed by atoms with Crippen LogP contribution in [0.4, 0.5) is 0 Å². The molecule has 108 valence electrons. The SMILES string of the molecule is CCC1CCC(C(NC)c2cnn3ccccc23)CC1. The summed E-state index contributed by atoms with van der Waals surface area (Å²) in [6, 6.07) is 6.74. The third-order valence-corrected chi connectivity index (χ3v) is 5.04. The van der Waals surface area contributed by atoms with Gasteiger partial charge in [-0.15, -0.1) is 0 Å². The summed E-state index contributed by atoms with van der Waals surface area (Å²) in [6.07, 6.45) is 10.9. The molecule has 0 bridgehead atoms. The minimum absolute atomic E-state index is 0.438. The Hall–Kier alpha value is -1.35. The van der Waals surface area contributed by atoms with Crippen molar-refractivity contribution in [2.24, 2.45) is 11.8 Å². The second-order valence-electron chi connectivity index (χ2n) is 6.09. The van der Waals surface area contributed by atoms with Crippen molar-refractivity contribution in [1.82, 2.24) is 14.9 Å². The highest BCUT2D eigenvalue weighted by molar-refractivity contribution is 5.55. The van der Waals surface area contributed by atoms with Crippen molar-refractivity contribution in [2.75, 3.05) is 7.05 Å². The van der Waals surface area contributed by atoms with Crippen molar-refractivity contribution < 1.29 is 0 Å². The quantitative estimate of drug-likeness (QED) is 0.916. The Morgan fingerprint density at radius 3 is 2.80 bits per heavy atom. The fraction of sp³-hybridized carbons (Fsp3) is 0.588. The largest absolute Gasteiger partial charge is 0.313 e. The van der Waals surface area contributed by atoms with Gasteiger partial charge in [0.25, 0.3) is 0 Å². The van der Waals surface area contributed by atoms with Gasteiger partial charge in [0.2, 0.25) is 0 Å². The van der Waals surface area contributed by atoms with E-state index in [1.807, 2.05) is 23.0 Å². The van der Waals surface area contributed by atoms with Crippen LogP contribution >= 0.6 is 0 Å². The first-order chi connectivity index (χ1) is 9.83. The van der Waals surface area contributed by atoms with Gasteiger partial charge < -0.3 is 5.32 Å². The maximum atomic E-state index is 4.49. The second kappa shape index (κ2) is 5.96. The topological polar surface area (TPSA) is 29.3 Å². The van der Waals surface area contributed by atoms with Crippen LogP contribution in [0.2, 0.25) is 0 Å². The number of pyridine rings is 1. The molecule has 1 unspecified atom stereocenters. The highest BCUT2D eigenvalue weighted by atomic mass is 15.2. The molecule has 3 rings (SSSR count). The summed E-state index contributed by atoms with van der Waals surface area (Å²) in [5, 5.41) is 8.04. The monoisotopic (exact) mass is 271 g/mol. The van der Waals surface area contributed by atoms with E-state index in [0.717, 1.165) is 11.8 Å². The molecule has 0 aromatic carbocycles. The van der Waals surface area contributed by atoms with E-state index in [1.165, 1.54) is 43.2 Å². The summed E-state index contributed by atoms with van der Waals surface area (Å²) in [4.78, 5) is 0. The standard InChI is InChI=1S/C17H25N3/c1-3-13-7-9-14(10-8-13)17(18-2)15-12-19-20-11-5-4-6-16(15)20/h4-6,11-14,17-18H,3,7-10H2,1-2H3. The zero-order valence-electron chi connectivity index (χ0n) is 12.5. The smallest absolute Gasteiger partial charge is 0.0709 e. The van der Waals surface area contributed by atoms with E-state index in [0.29, 0.717) is 6.04 Å². The third kappa shape index (κ3) is 2.47. The summed E-state index contributed by atoms with van der Waals surface area (Å²) in [5.74, 6) is 1.70.